The lowest BCUT2D eigenvalue weighted by atomic mass is 9.97. The van der Waals surface area contributed by atoms with Crippen LogP contribution in [0.4, 0.5) is 0 Å². The second kappa shape index (κ2) is 7.75. The van der Waals surface area contributed by atoms with Gasteiger partial charge in [-0.1, -0.05) is 13.0 Å². The molecule has 0 saturated heterocycles. The van der Waals surface area contributed by atoms with E-state index in [0.717, 1.165) is 11.3 Å². The number of aromatic nitrogens is 1. The van der Waals surface area contributed by atoms with Gasteiger partial charge in [-0.25, -0.2) is 0 Å². The molecule has 0 radical (unpaired) electrons. The average molecular weight is 369 g/mol. The average Bonchev–Trinajstić information content (AvgIpc) is 3.06. The van der Waals surface area contributed by atoms with Crippen molar-refractivity contribution in [1.29, 1.82) is 0 Å². The Bertz CT molecular complexity index is 854. The van der Waals surface area contributed by atoms with E-state index in [1.165, 1.54) is 5.01 Å². The summed E-state index contributed by atoms with van der Waals surface area (Å²) in [7, 11) is 3.10. The molecule has 1 atom stereocenters. The standard InChI is InChI=1S/C20H23N3O4/c1-4-16-13-20(25,15-7-9-21-10-8-15)23(22-16)19(24)12-14-5-6-17(26-2)18(11-14)27-3/h5-11,25H,4,12-13H2,1-3H3/t20-/m0/s1. The zero-order valence-corrected chi connectivity index (χ0v) is 15.7. The molecule has 0 unspecified atom stereocenters. The minimum Gasteiger partial charge on any atom is -0.493 e. The Morgan fingerprint density at radius 2 is 1.89 bits per heavy atom. The van der Waals surface area contributed by atoms with Crippen molar-refractivity contribution in [2.75, 3.05) is 14.2 Å². The molecule has 142 valence electrons. The molecule has 2 aromatic rings. The highest BCUT2D eigenvalue weighted by Crippen LogP contribution is 2.36. The molecule has 1 N–H and O–H groups in total. The number of benzene rings is 1. The fourth-order valence-corrected chi connectivity index (χ4v) is 3.16. The topological polar surface area (TPSA) is 84.3 Å². The number of aliphatic hydroxyl groups is 1. The van der Waals surface area contributed by atoms with Crippen LogP contribution in [-0.4, -0.2) is 40.9 Å². The molecule has 7 heteroatoms. The van der Waals surface area contributed by atoms with Gasteiger partial charge in [0.1, 0.15) is 0 Å². The smallest absolute Gasteiger partial charge is 0.250 e. The molecule has 2 heterocycles. The Balaban J connectivity index is 1.88. The van der Waals surface area contributed by atoms with E-state index in [-0.39, 0.29) is 18.7 Å². The van der Waals surface area contributed by atoms with Gasteiger partial charge in [0.05, 0.1) is 20.6 Å². The molecule has 0 saturated carbocycles. The first-order valence-electron chi connectivity index (χ1n) is 8.75. The summed E-state index contributed by atoms with van der Waals surface area (Å²) in [6, 6.07) is 8.70. The summed E-state index contributed by atoms with van der Waals surface area (Å²) in [5.74, 6) is 0.839. The lowest BCUT2D eigenvalue weighted by Crippen LogP contribution is -2.44. The molecule has 27 heavy (non-hydrogen) atoms. The number of methoxy groups -OCH3 is 2. The molecule has 1 aromatic carbocycles. The number of ether oxygens (including phenoxy) is 2. The number of carbonyl (C=O) groups excluding carboxylic acids is 1. The van der Waals surface area contributed by atoms with E-state index in [4.69, 9.17) is 9.47 Å². The Kier molecular flexibility index (Phi) is 5.41. The van der Waals surface area contributed by atoms with Crippen LogP contribution in [0.2, 0.25) is 0 Å². The van der Waals surface area contributed by atoms with Crippen molar-refractivity contribution in [1.82, 2.24) is 9.99 Å². The minimum atomic E-state index is -1.50. The van der Waals surface area contributed by atoms with E-state index in [9.17, 15) is 9.90 Å². The number of amides is 1. The number of hydrazone groups is 1. The van der Waals surface area contributed by atoms with Crippen molar-refractivity contribution in [3.8, 4) is 11.5 Å². The van der Waals surface area contributed by atoms with Crippen LogP contribution >= 0.6 is 0 Å². The van der Waals surface area contributed by atoms with Gasteiger partial charge >= 0.3 is 0 Å². The Morgan fingerprint density at radius 3 is 2.52 bits per heavy atom. The van der Waals surface area contributed by atoms with Crippen molar-refractivity contribution in [3.05, 3.63) is 53.9 Å². The molecule has 0 spiro atoms. The number of nitrogens with zero attached hydrogens (tertiary/aromatic N) is 3. The van der Waals surface area contributed by atoms with Crippen molar-refractivity contribution >= 4 is 11.6 Å². The first-order valence-corrected chi connectivity index (χ1v) is 8.75. The summed E-state index contributed by atoms with van der Waals surface area (Å²) in [5.41, 5.74) is 0.609. The lowest BCUT2D eigenvalue weighted by Gasteiger charge is -2.31. The van der Waals surface area contributed by atoms with Gasteiger partial charge in [0.2, 0.25) is 5.91 Å². The Labute approximate surface area is 158 Å². The molecule has 1 aliphatic rings. The maximum absolute atomic E-state index is 13.0. The fourth-order valence-electron chi connectivity index (χ4n) is 3.16. The predicted octanol–water partition coefficient (Wildman–Crippen LogP) is 2.48. The highest BCUT2D eigenvalue weighted by molar-refractivity contribution is 5.91. The third-order valence-electron chi connectivity index (χ3n) is 4.63. The van der Waals surface area contributed by atoms with Crippen molar-refractivity contribution in [2.45, 2.75) is 31.9 Å². The second-order valence-corrected chi connectivity index (χ2v) is 6.32. The van der Waals surface area contributed by atoms with Crippen LogP contribution in [0.1, 0.15) is 30.9 Å². The maximum Gasteiger partial charge on any atom is 0.250 e. The van der Waals surface area contributed by atoms with E-state index < -0.39 is 5.72 Å². The highest BCUT2D eigenvalue weighted by Gasteiger charge is 2.45. The van der Waals surface area contributed by atoms with E-state index in [1.54, 1.807) is 56.9 Å². The largest absolute Gasteiger partial charge is 0.493 e. The highest BCUT2D eigenvalue weighted by atomic mass is 16.5. The minimum absolute atomic E-state index is 0.0776. The summed E-state index contributed by atoms with van der Waals surface area (Å²) in [6.45, 7) is 1.95. The number of hydrogen-bond acceptors (Lipinski definition) is 6. The van der Waals surface area contributed by atoms with Gasteiger partial charge < -0.3 is 14.6 Å². The summed E-state index contributed by atoms with van der Waals surface area (Å²) in [4.78, 5) is 17.0. The third-order valence-corrected chi connectivity index (χ3v) is 4.63. The van der Waals surface area contributed by atoms with Crippen LogP contribution in [0.15, 0.2) is 47.8 Å². The van der Waals surface area contributed by atoms with E-state index in [1.807, 2.05) is 6.92 Å². The second-order valence-electron chi connectivity index (χ2n) is 6.32. The molecule has 0 aliphatic carbocycles. The van der Waals surface area contributed by atoms with Gasteiger partial charge in [-0.05, 0) is 36.2 Å². The van der Waals surface area contributed by atoms with Crippen molar-refractivity contribution < 1.29 is 19.4 Å². The van der Waals surface area contributed by atoms with E-state index in [2.05, 4.69) is 10.1 Å². The van der Waals surface area contributed by atoms with Crippen LogP contribution in [0, 0.1) is 0 Å². The van der Waals surface area contributed by atoms with Crippen molar-refractivity contribution in [3.63, 3.8) is 0 Å². The molecule has 3 rings (SSSR count). The normalized spacial score (nSPS) is 19.0. The molecule has 7 nitrogen and oxygen atoms in total. The Hall–Kier alpha value is -2.93. The molecule has 1 aliphatic heterocycles. The fraction of sp³-hybridized carbons (Fsp3) is 0.350. The lowest BCUT2D eigenvalue weighted by molar-refractivity contribution is -0.157. The maximum atomic E-state index is 13.0. The first kappa shape index (κ1) is 18.8. The molecular formula is C20H23N3O4. The van der Waals surface area contributed by atoms with Gasteiger partial charge in [-0.2, -0.15) is 10.1 Å². The SMILES string of the molecule is CCC1=NN(C(=O)Cc2ccc(OC)c(OC)c2)[C@@](O)(c2ccncc2)C1. The molecule has 0 bridgehead atoms. The van der Waals surface area contributed by atoms with Crippen LogP contribution in [0.5, 0.6) is 11.5 Å². The summed E-state index contributed by atoms with van der Waals surface area (Å²) >= 11 is 0. The van der Waals surface area contributed by atoms with Gasteiger partial charge in [-0.15, -0.1) is 0 Å². The number of rotatable bonds is 6. The van der Waals surface area contributed by atoms with Crippen LogP contribution in [-0.2, 0) is 16.9 Å². The number of hydrogen-bond donors (Lipinski definition) is 1. The van der Waals surface area contributed by atoms with Crippen LogP contribution in [0.25, 0.3) is 0 Å². The number of carbonyl (C=O) groups is 1. The molecular weight excluding hydrogens is 346 g/mol. The predicted molar refractivity (Wildman–Crippen MR) is 101 cm³/mol. The molecule has 1 aromatic heterocycles. The summed E-state index contributed by atoms with van der Waals surface area (Å²) < 4.78 is 10.5. The zero-order chi connectivity index (χ0) is 19.4. The number of pyridine rings is 1. The van der Waals surface area contributed by atoms with E-state index >= 15 is 0 Å². The first-order chi connectivity index (χ1) is 13.0. The summed E-state index contributed by atoms with van der Waals surface area (Å²) in [6.07, 6.45) is 4.20. The van der Waals surface area contributed by atoms with Gasteiger partial charge in [0.15, 0.2) is 17.2 Å². The summed E-state index contributed by atoms with van der Waals surface area (Å²) in [5, 5.41) is 16.8. The molecule has 0 fully saturated rings. The van der Waals surface area contributed by atoms with Crippen LogP contribution < -0.4 is 9.47 Å². The Morgan fingerprint density at radius 1 is 1.19 bits per heavy atom. The third kappa shape index (κ3) is 3.64. The van der Waals surface area contributed by atoms with E-state index in [0.29, 0.717) is 23.5 Å². The van der Waals surface area contributed by atoms with Gasteiger partial charge in [0, 0.05) is 30.1 Å². The zero-order valence-electron chi connectivity index (χ0n) is 15.7. The van der Waals surface area contributed by atoms with Gasteiger partial charge in [0.25, 0.3) is 0 Å². The van der Waals surface area contributed by atoms with Crippen molar-refractivity contribution in [2.24, 2.45) is 5.10 Å². The van der Waals surface area contributed by atoms with Crippen LogP contribution in [0.3, 0.4) is 0 Å². The quantitative estimate of drug-likeness (QED) is 0.846. The van der Waals surface area contributed by atoms with Gasteiger partial charge in [-0.3, -0.25) is 9.78 Å². The monoisotopic (exact) mass is 369 g/mol. The molecule has 1 amide bonds.